The van der Waals surface area contributed by atoms with Gasteiger partial charge in [0.25, 0.3) is 0 Å². The Morgan fingerprint density at radius 1 is 1.48 bits per heavy atom. The average molecular weight is 292 g/mol. The lowest BCUT2D eigenvalue weighted by Crippen LogP contribution is -2.27. The molecular weight excluding hydrogens is 272 g/mol. The van der Waals surface area contributed by atoms with Crippen LogP contribution in [0.1, 0.15) is 37.7 Å². The molecule has 1 aliphatic rings. The molecule has 1 aromatic carbocycles. The van der Waals surface area contributed by atoms with Crippen molar-refractivity contribution in [3.05, 3.63) is 23.8 Å². The zero-order valence-electron chi connectivity index (χ0n) is 12.0. The first-order chi connectivity index (χ1) is 10.1. The molecule has 1 unspecified atom stereocenters. The molecule has 21 heavy (non-hydrogen) atoms. The Morgan fingerprint density at radius 2 is 2.29 bits per heavy atom. The second kappa shape index (κ2) is 6.97. The Morgan fingerprint density at radius 3 is 3.00 bits per heavy atom. The molecule has 0 bridgehead atoms. The number of aliphatic carboxylic acids is 1. The molecule has 1 aliphatic heterocycles. The number of anilines is 1. The van der Waals surface area contributed by atoms with E-state index in [0.29, 0.717) is 25.3 Å². The monoisotopic (exact) mass is 292 g/mol. The molecule has 1 atom stereocenters. The molecule has 0 spiro atoms. The van der Waals surface area contributed by atoms with Crippen LogP contribution in [0, 0.1) is 0 Å². The number of hydrogen-bond donors (Lipinski definition) is 3. The normalized spacial score (nSPS) is 16.0. The van der Waals surface area contributed by atoms with Crippen LogP contribution in [-0.2, 0) is 4.79 Å². The smallest absolute Gasteiger partial charge is 0.412 e. The Bertz CT molecular complexity index is 530. The second-order valence-electron chi connectivity index (χ2n) is 5.08. The summed E-state index contributed by atoms with van der Waals surface area (Å²) in [7, 11) is 0. The highest BCUT2D eigenvalue weighted by Gasteiger charge is 2.23. The van der Waals surface area contributed by atoms with Crippen molar-refractivity contribution in [3.63, 3.8) is 0 Å². The van der Waals surface area contributed by atoms with Crippen LogP contribution < -0.4 is 15.4 Å². The van der Waals surface area contributed by atoms with E-state index in [-0.39, 0.29) is 12.3 Å². The van der Waals surface area contributed by atoms with Crippen LogP contribution >= 0.6 is 0 Å². The topological polar surface area (TPSA) is 87.7 Å². The lowest BCUT2D eigenvalue weighted by molar-refractivity contribution is -0.137. The van der Waals surface area contributed by atoms with Crippen molar-refractivity contribution in [1.82, 2.24) is 5.32 Å². The number of hydrogen-bond acceptors (Lipinski definition) is 4. The Labute approximate surface area is 123 Å². The Balaban J connectivity index is 1.97. The van der Waals surface area contributed by atoms with Gasteiger partial charge in [0, 0.05) is 37.2 Å². The number of amides is 1. The zero-order valence-corrected chi connectivity index (χ0v) is 12.0. The summed E-state index contributed by atoms with van der Waals surface area (Å²) in [5.74, 6) is -0.108. The summed E-state index contributed by atoms with van der Waals surface area (Å²) in [4.78, 5) is 22.1. The van der Waals surface area contributed by atoms with Crippen LogP contribution in [0.2, 0.25) is 0 Å². The minimum absolute atomic E-state index is 0.156. The lowest BCUT2D eigenvalue weighted by Gasteiger charge is -2.10. The molecule has 1 heterocycles. The van der Waals surface area contributed by atoms with Crippen molar-refractivity contribution in [2.24, 2.45) is 0 Å². The summed E-state index contributed by atoms with van der Waals surface area (Å²) >= 11 is 0. The second-order valence-corrected chi connectivity index (χ2v) is 5.08. The van der Waals surface area contributed by atoms with Gasteiger partial charge >= 0.3 is 12.1 Å². The fourth-order valence-corrected chi connectivity index (χ4v) is 2.38. The highest BCUT2D eigenvalue weighted by Crippen LogP contribution is 2.36. The molecule has 114 valence electrons. The highest BCUT2D eigenvalue weighted by molar-refractivity contribution is 5.72. The number of carboxylic acid groups (broad SMARTS) is 1. The number of fused-ring (bicyclic) bond motifs is 1. The molecule has 6 heteroatoms. The van der Waals surface area contributed by atoms with Gasteiger partial charge in [-0.3, -0.25) is 4.79 Å². The molecule has 1 amide bonds. The average Bonchev–Trinajstić information content (AvgIpc) is 2.85. The van der Waals surface area contributed by atoms with Crippen LogP contribution in [0.25, 0.3) is 0 Å². The van der Waals surface area contributed by atoms with E-state index in [0.717, 1.165) is 17.7 Å². The van der Waals surface area contributed by atoms with Crippen molar-refractivity contribution in [3.8, 4) is 5.75 Å². The van der Waals surface area contributed by atoms with Crippen LogP contribution in [0.5, 0.6) is 5.75 Å². The van der Waals surface area contributed by atoms with Gasteiger partial charge in [0.15, 0.2) is 0 Å². The van der Waals surface area contributed by atoms with Crippen molar-refractivity contribution in [2.45, 2.75) is 32.1 Å². The van der Waals surface area contributed by atoms with Crippen LogP contribution in [0.15, 0.2) is 18.2 Å². The van der Waals surface area contributed by atoms with Gasteiger partial charge in [-0.2, -0.15) is 0 Å². The Hall–Kier alpha value is -2.24. The van der Waals surface area contributed by atoms with Crippen molar-refractivity contribution in [1.29, 1.82) is 0 Å². The summed E-state index contributed by atoms with van der Waals surface area (Å²) in [6.45, 7) is 3.27. The maximum Gasteiger partial charge on any atom is 0.412 e. The van der Waals surface area contributed by atoms with E-state index in [2.05, 4.69) is 10.6 Å². The summed E-state index contributed by atoms with van der Waals surface area (Å²) < 4.78 is 5.19. The number of benzene rings is 1. The standard InChI is InChI=1S/C15H20N2O4/c1-2-7-16-15(20)21-11-4-5-12-10(3-6-14(18)19)9-17-13(12)8-11/h4-5,8,10,17H,2-3,6-7,9H2,1H3,(H,16,20)(H,18,19). The maximum atomic E-state index is 11.5. The van der Waals surface area contributed by atoms with Crippen molar-refractivity contribution in [2.75, 3.05) is 18.4 Å². The van der Waals surface area contributed by atoms with Gasteiger partial charge in [-0.1, -0.05) is 13.0 Å². The van der Waals surface area contributed by atoms with Crippen LogP contribution in [0.3, 0.4) is 0 Å². The number of carboxylic acids is 1. The van der Waals surface area contributed by atoms with E-state index in [9.17, 15) is 9.59 Å². The first-order valence-electron chi connectivity index (χ1n) is 7.15. The fraction of sp³-hybridized carbons (Fsp3) is 0.467. The highest BCUT2D eigenvalue weighted by atomic mass is 16.6. The summed E-state index contributed by atoms with van der Waals surface area (Å²) in [6, 6.07) is 5.41. The molecule has 0 saturated heterocycles. The van der Waals surface area contributed by atoms with E-state index >= 15 is 0 Å². The predicted octanol–water partition coefficient (Wildman–Crippen LogP) is 2.56. The van der Waals surface area contributed by atoms with E-state index in [1.165, 1.54) is 0 Å². The third kappa shape index (κ3) is 4.11. The summed E-state index contributed by atoms with van der Waals surface area (Å²) in [5, 5.41) is 14.6. The van der Waals surface area contributed by atoms with Crippen molar-refractivity contribution < 1.29 is 19.4 Å². The third-order valence-electron chi connectivity index (χ3n) is 3.44. The van der Waals surface area contributed by atoms with E-state index < -0.39 is 12.1 Å². The van der Waals surface area contributed by atoms with Gasteiger partial charge in [0.2, 0.25) is 0 Å². The van der Waals surface area contributed by atoms with E-state index in [4.69, 9.17) is 9.84 Å². The minimum Gasteiger partial charge on any atom is -0.481 e. The largest absolute Gasteiger partial charge is 0.481 e. The van der Waals surface area contributed by atoms with Crippen LogP contribution in [-0.4, -0.2) is 30.3 Å². The van der Waals surface area contributed by atoms with Gasteiger partial charge in [-0.05, 0) is 24.5 Å². The Kier molecular flexibility index (Phi) is 5.03. The first-order valence-corrected chi connectivity index (χ1v) is 7.15. The molecule has 0 radical (unpaired) electrons. The van der Waals surface area contributed by atoms with Gasteiger partial charge in [0.1, 0.15) is 5.75 Å². The van der Waals surface area contributed by atoms with Crippen LogP contribution in [0.4, 0.5) is 10.5 Å². The predicted molar refractivity (Wildman–Crippen MR) is 78.9 cm³/mol. The summed E-state index contributed by atoms with van der Waals surface area (Å²) in [5.41, 5.74) is 1.99. The fourth-order valence-electron chi connectivity index (χ4n) is 2.38. The quantitative estimate of drug-likeness (QED) is 0.750. The molecular formula is C15H20N2O4. The van der Waals surface area contributed by atoms with E-state index in [1.54, 1.807) is 12.1 Å². The molecule has 3 N–H and O–H groups in total. The molecule has 6 nitrogen and oxygen atoms in total. The minimum atomic E-state index is -0.781. The van der Waals surface area contributed by atoms with E-state index in [1.807, 2.05) is 13.0 Å². The third-order valence-corrected chi connectivity index (χ3v) is 3.44. The first kappa shape index (κ1) is 15.2. The lowest BCUT2D eigenvalue weighted by atomic mass is 9.96. The molecule has 0 fully saturated rings. The number of nitrogens with one attached hydrogen (secondary N) is 2. The maximum absolute atomic E-state index is 11.5. The number of carbonyl (C=O) groups excluding carboxylic acids is 1. The summed E-state index contributed by atoms with van der Waals surface area (Å²) in [6.07, 6.45) is 1.15. The number of rotatable bonds is 6. The molecule has 2 rings (SSSR count). The number of ether oxygens (including phenoxy) is 1. The van der Waals surface area contributed by atoms with Gasteiger partial charge in [-0.25, -0.2) is 4.79 Å². The zero-order chi connectivity index (χ0) is 15.2. The number of carbonyl (C=O) groups is 2. The molecule has 1 aromatic rings. The molecule has 0 aliphatic carbocycles. The SMILES string of the molecule is CCCNC(=O)Oc1ccc2c(c1)NCC2CCC(=O)O. The van der Waals surface area contributed by atoms with Gasteiger partial charge in [0.05, 0.1) is 0 Å². The molecule has 0 saturated carbocycles. The van der Waals surface area contributed by atoms with Crippen molar-refractivity contribution >= 4 is 17.7 Å². The van der Waals surface area contributed by atoms with Gasteiger partial charge in [-0.15, -0.1) is 0 Å². The molecule has 0 aromatic heterocycles. The van der Waals surface area contributed by atoms with Gasteiger partial charge < -0.3 is 20.5 Å².